The fraction of sp³-hybridized carbons (Fsp3) is 0.263. The summed E-state index contributed by atoms with van der Waals surface area (Å²) in [6.45, 7) is 3.82. The molecule has 0 atom stereocenters. The van der Waals surface area contributed by atoms with Crippen LogP contribution in [0.25, 0.3) is 5.95 Å². The Hall–Kier alpha value is -2.93. The maximum absolute atomic E-state index is 12.4. The van der Waals surface area contributed by atoms with Crippen LogP contribution in [0, 0.1) is 6.92 Å². The van der Waals surface area contributed by atoms with E-state index < -0.39 is 0 Å². The lowest BCUT2D eigenvalue weighted by Gasteiger charge is -2.09. The fourth-order valence-electron chi connectivity index (χ4n) is 2.70. The minimum atomic E-state index is -0.255. The summed E-state index contributed by atoms with van der Waals surface area (Å²) >= 11 is 5.87. The number of anilines is 1. The molecule has 0 radical (unpaired) electrons. The number of carbonyl (C=O) groups is 1. The van der Waals surface area contributed by atoms with Crippen molar-refractivity contribution in [3.8, 4) is 5.95 Å². The van der Waals surface area contributed by atoms with Crippen molar-refractivity contribution in [2.75, 3.05) is 5.32 Å². The van der Waals surface area contributed by atoms with E-state index in [0.717, 1.165) is 12.0 Å². The molecular weight excluding hydrogens is 366 g/mol. The second kappa shape index (κ2) is 8.18. The molecule has 140 valence electrons. The molecular formula is C19H20ClN5O2. The van der Waals surface area contributed by atoms with E-state index in [4.69, 9.17) is 11.6 Å². The van der Waals surface area contributed by atoms with Gasteiger partial charge < -0.3 is 5.32 Å². The maximum Gasteiger partial charge on any atom is 0.252 e. The first-order chi connectivity index (χ1) is 12.9. The van der Waals surface area contributed by atoms with Crippen LogP contribution in [0.3, 0.4) is 0 Å². The SMILES string of the molecule is CCCc1cc(=O)[nH]c(-n2nc(C)cc2NC(=O)Cc2ccc(Cl)cc2)n1. The van der Waals surface area contributed by atoms with Crippen molar-refractivity contribution in [2.45, 2.75) is 33.1 Å². The topological polar surface area (TPSA) is 92.7 Å². The van der Waals surface area contributed by atoms with Crippen molar-refractivity contribution in [1.29, 1.82) is 0 Å². The van der Waals surface area contributed by atoms with E-state index in [1.165, 1.54) is 10.7 Å². The maximum atomic E-state index is 12.4. The van der Waals surface area contributed by atoms with Gasteiger partial charge in [0.1, 0.15) is 5.82 Å². The zero-order chi connectivity index (χ0) is 19.4. The summed E-state index contributed by atoms with van der Waals surface area (Å²) in [5, 5.41) is 7.80. The van der Waals surface area contributed by atoms with Crippen LogP contribution < -0.4 is 10.9 Å². The van der Waals surface area contributed by atoms with Gasteiger partial charge in [-0.15, -0.1) is 0 Å². The molecule has 0 aliphatic carbocycles. The van der Waals surface area contributed by atoms with Gasteiger partial charge in [0.25, 0.3) is 5.56 Å². The number of aryl methyl sites for hydroxylation is 2. The number of amides is 1. The lowest BCUT2D eigenvalue weighted by Crippen LogP contribution is -2.20. The summed E-state index contributed by atoms with van der Waals surface area (Å²) in [4.78, 5) is 31.5. The van der Waals surface area contributed by atoms with Crippen LogP contribution in [0.2, 0.25) is 5.02 Å². The highest BCUT2D eigenvalue weighted by molar-refractivity contribution is 6.30. The Morgan fingerprint density at radius 1 is 1.26 bits per heavy atom. The van der Waals surface area contributed by atoms with E-state index in [9.17, 15) is 9.59 Å². The average Bonchev–Trinajstić information content (AvgIpc) is 2.97. The van der Waals surface area contributed by atoms with Crippen LogP contribution in [0.5, 0.6) is 0 Å². The summed E-state index contributed by atoms with van der Waals surface area (Å²) in [7, 11) is 0. The molecule has 8 heteroatoms. The minimum absolute atomic E-state index is 0.196. The number of hydrogen-bond donors (Lipinski definition) is 2. The number of benzene rings is 1. The first kappa shape index (κ1) is 18.8. The molecule has 1 aromatic carbocycles. The van der Waals surface area contributed by atoms with E-state index in [1.54, 1.807) is 37.3 Å². The van der Waals surface area contributed by atoms with E-state index in [2.05, 4.69) is 20.4 Å². The number of nitrogens with one attached hydrogen (secondary N) is 2. The number of hydrogen-bond acceptors (Lipinski definition) is 4. The monoisotopic (exact) mass is 385 g/mol. The van der Waals surface area contributed by atoms with Crippen molar-refractivity contribution < 1.29 is 4.79 Å². The average molecular weight is 386 g/mol. The summed E-state index contributed by atoms with van der Waals surface area (Å²) in [5.41, 5.74) is 1.97. The number of nitrogens with zero attached hydrogens (tertiary/aromatic N) is 3. The Labute approximate surface area is 161 Å². The molecule has 0 saturated carbocycles. The van der Waals surface area contributed by atoms with Gasteiger partial charge in [0.05, 0.1) is 12.1 Å². The molecule has 2 aromatic heterocycles. The molecule has 0 fully saturated rings. The summed E-state index contributed by atoms with van der Waals surface area (Å²) in [6, 6.07) is 10.3. The summed E-state index contributed by atoms with van der Waals surface area (Å²) in [6.07, 6.45) is 1.76. The number of carbonyl (C=O) groups excluding carboxylic acids is 1. The molecule has 0 aliphatic rings. The number of aromatic amines is 1. The molecule has 2 heterocycles. The molecule has 0 spiro atoms. The molecule has 3 rings (SSSR count). The molecule has 2 N–H and O–H groups in total. The van der Waals surface area contributed by atoms with Crippen LogP contribution in [-0.2, 0) is 17.6 Å². The highest BCUT2D eigenvalue weighted by Gasteiger charge is 2.14. The van der Waals surface area contributed by atoms with Crippen LogP contribution in [-0.4, -0.2) is 25.7 Å². The van der Waals surface area contributed by atoms with Crippen molar-refractivity contribution in [2.24, 2.45) is 0 Å². The lowest BCUT2D eigenvalue weighted by molar-refractivity contribution is -0.115. The molecule has 1 amide bonds. The van der Waals surface area contributed by atoms with Crippen LogP contribution in [0.4, 0.5) is 5.82 Å². The largest absolute Gasteiger partial charge is 0.310 e. The first-order valence-electron chi connectivity index (χ1n) is 8.66. The van der Waals surface area contributed by atoms with Crippen molar-refractivity contribution in [3.05, 3.63) is 68.7 Å². The third-order valence-corrected chi connectivity index (χ3v) is 4.12. The van der Waals surface area contributed by atoms with E-state index in [-0.39, 0.29) is 23.8 Å². The highest BCUT2D eigenvalue weighted by Crippen LogP contribution is 2.15. The Morgan fingerprint density at radius 2 is 2.00 bits per heavy atom. The summed E-state index contributed by atoms with van der Waals surface area (Å²) < 4.78 is 1.44. The highest BCUT2D eigenvalue weighted by atomic mass is 35.5. The van der Waals surface area contributed by atoms with E-state index >= 15 is 0 Å². The molecule has 0 bridgehead atoms. The third kappa shape index (κ3) is 4.83. The minimum Gasteiger partial charge on any atom is -0.310 e. The Kier molecular flexibility index (Phi) is 5.71. The smallest absolute Gasteiger partial charge is 0.252 e. The van der Waals surface area contributed by atoms with E-state index in [0.29, 0.717) is 28.6 Å². The van der Waals surface area contributed by atoms with Crippen molar-refractivity contribution >= 4 is 23.3 Å². The summed E-state index contributed by atoms with van der Waals surface area (Å²) in [5.74, 6) is 0.523. The van der Waals surface area contributed by atoms with Gasteiger partial charge in [-0.05, 0) is 31.0 Å². The number of halogens is 1. The standard InChI is InChI=1S/C19H20ClN5O2/c1-3-4-15-11-18(27)23-19(21-15)25-16(9-12(2)24-25)22-17(26)10-13-5-7-14(20)8-6-13/h5-9,11H,3-4,10H2,1-2H3,(H,22,26)(H,21,23,27). The Bertz CT molecular complexity index is 1010. The van der Waals surface area contributed by atoms with Crippen LogP contribution in [0.15, 0.2) is 41.2 Å². The Morgan fingerprint density at radius 3 is 2.70 bits per heavy atom. The fourth-order valence-corrected chi connectivity index (χ4v) is 2.83. The van der Waals surface area contributed by atoms with Crippen LogP contribution >= 0.6 is 11.6 Å². The van der Waals surface area contributed by atoms with Gasteiger partial charge in [-0.25, -0.2) is 4.98 Å². The quantitative estimate of drug-likeness (QED) is 0.682. The second-order valence-corrected chi connectivity index (χ2v) is 6.68. The lowest BCUT2D eigenvalue weighted by atomic mass is 10.1. The molecule has 0 unspecified atom stereocenters. The zero-order valence-corrected chi connectivity index (χ0v) is 15.9. The van der Waals surface area contributed by atoms with Gasteiger partial charge in [-0.1, -0.05) is 37.1 Å². The molecule has 7 nitrogen and oxygen atoms in total. The normalized spacial score (nSPS) is 10.8. The van der Waals surface area contributed by atoms with Gasteiger partial charge in [0.2, 0.25) is 11.9 Å². The number of aromatic nitrogens is 4. The van der Waals surface area contributed by atoms with Crippen molar-refractivity contribution in [3.63, 3.8) is 0 Å². The molecule has 27 heavy (non-hydrogen) atoms. The second-order valence-electron chi connectivity index (χ2n) is 6.24. The molecule has 0 aliphatic heterocycles. The first-order valence-corrected chi connectivity index (χ1v) is 9.04. The van der Waals surface area contributed by atoms with Gasteiger partial charge in [-0.3, -0.25) is 14.6 Å². The molecule has 0 saturated heterocycles. The van der Waals surface area contributed by atoms with Gasteiger partial charge in [0, 0.05) is 22.8 Å². The van der Waals surface area contributed by atoms with Gasteiger partial charge in [0.15, 0.2) is 0 Å². The third-order valence-electron chi connectivity index (χ3n) is 3.87. The van der Waals surface area contributed by atoms with E-state index in [1.807, 2.05) is 6.92 Å². The molecule has 3 aromatic rings. The zero-order valence-electron chi connectivity index (χ0n) is 15.1. The number of H-pyrrole nitrogens is 1. The van der Waals surface area contributed by atoms with Gasteiger partial charge in [-0.2, -0.15) is 9.78 Å². The van der Waals surface area contributed by atoms with Crippen molar-refractivity contribution in [1.82, 2.24) is 19.7 Å². The predicted octanol–water partition coefficient (Wildman–Crippen LogP) is 3.05. The van der Waals surface area contributed by atoms with Crippen LogP contribution in [0.1, 0.15) is 30.3 Å². The Balaban J connectivity index is 1.84. The van der Waals surface area contributed by atoms with Gasteiger partial charge >= 0.3 is 0 Å². The predicted molar refractivity (Wildman–Crippen MR) is 104 cm³/mol. The number of rotatable bonds is 6.